The molecule has 0 radical (unpaired) electrons. The number of carbonyl (C=O) groups is 2. The number of phenols is 1. The van der Waals surface area contributed by atoms with E-state index in [1.165, 1.54) is 12.1 Å². The van der Waals surface area contributed by atoms with Crippen LogP contribution in [0.15, 0.2) is 18.2 Å². The molecule has 1 aromatic carbocycles. The van der Waals surface area contributed by atoms with Gasteiger partial charge in [0.15, 0.2) is 0 Å². The van der Waals surface area contributed by atoms with Crippen molar-refractivity contribution < 1.29 is 24.2 Å². The molecule has 1 amide bonds. The van der Waals surface area contributed by atoms with Crippen molar-refractivity contribution >= 4 is 11.9 Å². The third-order valence-electron chi connectivity index (χ3n) is 3.98. The van der Waals surface area contributed by atoms with Crippen molar-refractivity contribution in [2.75, 3.05) is 0 Å². The number of hydrogen-bond acceptors (Lipinski definition) is 3. The van der Waals surface area contributed by atoms with Gasteiger partial charge < -0.3 is 15.5 Å². The predicted octanol–water partition coefficient (Wildman–Crippen LogP) is 2.29. The topological polar surface area (TPSA) is 86.6 Å². The van der Waals surface area contributed by atoms with E-state index in [1.54, 1.807) is 0 Å². The zero-order valence-corrected chi connectivity index (χ0v) is 11.7. The standard InChI is InChI=1S/C15H18FNO4/c1-9-4-3-7-15(8-9,14(20)21)17-13(19)12-10(16)5-2-6-11(12)18/h2,5-6,9,18H,3-4,7-8H2,1H3,(H,17,19)(H,20,21). The second kappa shape index (κ2) is 5.71. The van der Waals surface area contributed by atoms with Gasteiger partial charge >= 0.3 is 5.97 Å². The molecule has 1 aliphatic rings. The Bertz CT molecular complexity index is 555. The summed E-state index contributed by atoms with van der Waals surface area (Å²) in [6.45, 7) is 1.92. The lowest BCUT2D eigenvalue weighted by Gasteiger charge is -2.37. The molecular formula is C15H18FNO4. The number of benzene rings is 1. The first kappa shape index (κ1) is 15.3. The average molecular weight is 295 g/mol. The third kappa shape index (κ3) is 2.99. The Morgan fingerprint density at radius 3 is 2.71 bits per heavy atom. The van der Waals surface area contributed by atoms with Gasteiger partial charge in [-0.3, -0.25) is 4.79 Å². The van der Waals surface area contributed by atoms with Crippen LogP contribution in [0.25, 0.3) is 0 Å². The first-order valence-electron chi connectivity index (χ1n) is 6.89. The highest BCUT2D eigenvalue weighted by atomic mass is 19.1. The Morgan fingerprint density at radius 1 is 1.43 bits per heavy atom. The second-order valence-electron chi connectivity index (χ2n) is 5.68. The zero-order chi connectivity index (χ0) is 15.6. The molecule has 2 rings (SSSR count). The van der Waals surface area contributed by atoms with Crippen molar-refractivity contribution in [2.24, 2.45) is 5.92 Å². The number of carboxylic acids is 1. The number of phenolic OH excluding ortho intramolecular Hbond substituents is 1. The molecule has 2 atom stereocenters. The fourth-order valence-corrected chi connectivity index (χ4v) is 2.93. The fraction of sp³-hybridized carbons (Fsp3) is 0.467. The van der Waals surface area contributed by atoms with Crippen molar-refractivity contribution in [2.45, 2.75) is 38.1 Å². The molecule has 21 heavy (non-hydrogen) atoms. The molecule has 114 valence electrons. The van der Waals surface area contributed by atoms with E-state index in [0.29, 0.717) is 19.3 Å². The van der Waals surface area contributed by atoms with Crippen molar-refractivity contribution in [3.63, 3.8) is 0 Å². The molecule has 1 aromatic rings. The normalized spacial score (nSPS) is 25.3. The summed E-state index contributed by atoms with van der Waals surface area (Å²) in [6.07, 6.45) is 2.17. The van der Waals surface area contributed by atoms with Crippen molar-refractivity contribution in [3.05, 3.63) is 29.6 Å². The number of amides is 1. The van der Waals surface area contributed by atoms with Crippen LogP contribution in [0.3, 0.4) is 0 Å². The van der Waals surface area contributed by atoms with Crippen LogP contribution in [0.2, 0.25) is 0 Å². The SMILES string of the molecule is CC1CCCC(NC(=O)c2c(O)cccc2F)(C(=O)O)C1. The maximum Gasteiger partial charge on any atom is 0.329 e. The fourth-order valence-electron chi connectivity index (χ4n) is 2.93. The van der Waals surface area contributed by atoms with Crippen LogP contribution in [-0.2, 0) is 4.79 Å². The Balaban J connectivity index is 2.29. The van der Waals surface area contributed by atoms with Crippen molar-refractivity contribution in [1.29, 1.82) is 0 Å². The van der Waals surface area contributed by atoms with Crippen LogP contribution in [0.5, 0.6) is 5.75 Å². The van der Waals surface area contributed by atoms with Gasteiger partial charge in [0.1, 0.15) is 22.7 Å². The highest BCUT2D eigenvalue weighted by molar-refractivity contribution is 6.00. The summed E-state index contributed by atoms with van der Waals surface area (Å²) in [6, 6.07) is 3.51. The molecule has 0 aliphatic heterocycles. The molecule has 6 heteroatoms. The summed E-state index contributed by atoms with van der Waals surface area (Å²) in [5.41, 5.74) is -1.92. The number of aromatic hydroxyl groups is 1. The molecule has 3 N–H and O–H groups in total. The van der Waals surface area contributed by atoms with Gasteiger partial charge in [-0.25, -0.2) is 9.18 Å². The minimum Gasteiger partial charge on any atom is -0.507 e. The van der Waals surface area contributed by atoms with Gasteiger partial charge in [-0.2, -0.15) is 0 Å². The monoisotopic (exact) mass is 295 g/mol. The molecule has 0 saturated heterocycles. The Kier molecular flexibility index (Phi) is 4.16. The Morgan fingerprint density at radius 2 is 2.14 bits per heavy atom. The molecule has 2 unspecified atom stereocenters. The molecular weight excluding hydrogens is 277 g/mol. The maximum atomic E-state index is 13.7. The van der Waals surface area contributed by atoms with E-state index in [1.807, 2.05) is 6.92 Å². The average Bonchev–Trinajstić information content (AvgIpc) is 2.38. The predicted molar refractivity (Wildman–Crippen MR) is 73.5 cm³/mol. The number of carboxylic acid groups (broad SMARTS) is 1. The van der Waals surface area contributed by atoms with E-state index in [4.69, 9.17) is 0 Å². The highest BCUT2D eigenvalue weighted by Gasteiger charge is 2.43. The summed E-state index contributed by atoms with van der Waals surface area (Å²) in [5, 5.41) is 21.5. The quantitative estimate of drug-likeness (QED) is 0.798. The minimum absolute atomic E-state index is 0.157. The summed E-state index contributed by atoms with van der Waals surface area (Å²) in [7, 11) is 0. The second-order valence-corrected chi connectivity index (χ2v) is 5.68. The highest BCUT2D eigenvalue weighted by Crippen LogP contribution is 2.33. The van der Waals surface area contributed by atoms with E-state index in [-0.39, 0.29) is 5.92 Å². The van der Waals surface area contributed by atoms with Crippen molar-refractivity contribution in [1.82, 2.24) is 5.32 Å². The number of nitrogens with one attached hydrogen (secondary N) is 1. The van der Waals surface area contributed by atoms with Crippen LogP contribution in [0.1, 0.15) is 43.0 Å². The van der Waals surface area contributed by atoms with Crippen LogP contribution >= 0.6 is 0 Å². The van der Waals surface area contributed by atoms with Gasteiger partial charge in [-0.05, 0) is 30.9 Å². The lowest BCUT2D eigenvalue weighted by Crippen LogP contribution is -2.56. The van der Waals surface area contributed by atoms with Gasteiger partial charge in [0, 0.05) is 0 Å². The summed E-state index contributed by atoms with van der Waals surface area (Å²) >= 11 is 0. The van der Waals surface area contributed by atoms with Crippen LogP contribution in [-0.4, -0.2) is 27.6 Å². The van der Waals surface area contributed by atoms with Gasteiger partial charge in [0.05, 0.1) is 0 Å². The van der Waals surface area contributed by atoms with E-state index in [0.717, 1.165) is 12.5 Å². The zero-order valence-electron chi connectivity index (χ0n) is 11.7. The van der Waals surface area contributed by atoms with E-state index in [2.05, 4.69) is 5.32 Å². The molecule has 1 aliphatic carbocycles. The van der Waals surface area contributed by atoms with Crippen LogP contribution in [0, 0.1) is 11.7 Å². The molecule has 1 saturated carbocycles. The van der Waals surface area contributed by atoms with Gasteiger partial charge in [-0.15, -0.1) is 0 Å². The van der Waals surface area contributed by atoms with E-state index >= 15 is 0 Å². The number of rotatable bonds is 3. The first-order chi connectivity index (χ1) is 9.85. The first-order valence-corrected chi connectivity index (χ1v) is 6.89. The van der Waals surface area contributed by atoms with E-state index < -0.39 is 34.5 Å². The maximum absolute atomic E-state index is 13.7. The lowest BCUT2D eigenvalue weighted by atomic mass is 9.76. The summed E-state index contributed by atoms with van der Waals surface area (Å²) in [5.74, 6) is -3.25. The molecule has 0 spiro atoms. The van der Waals surface area contributed by atoms with Gasteiger partial charge in [-0.1, -0.05) is 25.8 Å². The minimum atomic E-state index is -1.40. The van der Waals surface area contributed by atoms with Crippen molar-refractivity contribution in [3.8, 4) is 5.75 Å². The van der Waals surface area contributed by atoms with Gasteiger partial charge in [0.2, 0.25) is 0 Å². The Hall–Kier alpha value is -2.11. The molecule has 0 heterocycles. The number of carbonyl (C=O) groups excluding carboxylic acids is 1. The van der Waals surface area contributed by atoms with Crippen LogP contribution < -0.4 is 5.32 Å². The largest absolute Gasteiger partial charge is 0.507 e. The summed E-state index contributed by atoms with van der Waals surface area (Å²) in [4.78, 5) is 23.8. The summed E-state index contributed by atoms with van der Waals surface area (Å²) < 4.78 is 13.7. The van der Waals surface area contributed by atoms with E-state index in [9.17, 15) is 24.2 Å². The number of halogens is 1. The molecule has 1 fully saturated rings. The number of hydrogen-bond donors (Lipinski definition) is 3. The third-order valence-corrected chi connectivity index (χ3v) is 3.98. The Labute approximate surface area is 121 Å². The van der Waals surface area contributed by atoms with Crippen LogP contribution in [0.4, 0.5) is 4.39 Å². The number of aliphatic carboxylic acids is 1. The molecule has 0 aromatic heterocycles. The lowest BCUT2D eigenvalue weighted by molar-refractivity contribution is -0.146. The smallest absolute Gasteiger partial charge is 0.329 e. The molecule has 0 bridgehead atoms. The molecule has 5 nitrogen and oxygen atoms in total. The van der Waals surface area contributed by atoms with Gasteiger partial charge in [0.25, 0.3) is 5.91 Å².